The van der Waals surface area contributed by atoms with Crippen molar-refractivity contribution in [2.45, 2.75) is 12.8 Å². The van der Waals surface area contributed by atoms with E-state index in [0.717, 1.165) is 24.6 Å². The summed E-state index contributed by atoms with van der Waals surface area (Å²) in [5.41, 5.74) is 2.20. The predicted molar refractivity (Wildman–Crippen MR) is 109 cm³/mol. The number of rotatable bonds is 7. The lowest BCUT2D eigenvalue weighted by atomic mass is 10.2. The fourth-order valence-electron chi connectivity index (χ4n) is 2.62. The van der Waals surface area contributed by atoms with Crippen LogP contribution in [0.4, 0.5) is 10.1 Å². The smallest absolute Gasteiger partial charge is 0.335 e. The van der Waals surface area contributed by atoms with Gasteiger partial charge in [-0.3, -0.25) is 14.4 Å². The topological polar surface area (TPSA) is 138 Å². The lowest BCUT2D eigenvalue weighted by Gasteiger charge is -2.05. The molecule has 1 heterocycles. The lowest BCUT2D eigenvalue weighted by molar-refractivity contribution is -0.124. The summed E-state index contributed by atoms with van der Waals surface area (Å²) >= 11 is 0. The van der Waals surface area contributed by atoms with Crippen molar-refractivity contribution in [3.63, 3.8) is 0 Å². The molecule has 1 aromatic heterocycles. The summed E-state index contributed by atoms with van der Waals surface area (Å²) in [5.74, 6) is -2.78. The average Bonchev–Trinajstić information content (AvgIpc) is 2.74. The van der Waals surface area contributed by atoms with Crippen LogP contribution in [0, 0.1) is 5.82 Å². The summed E-state index contributed by atoms with van der Waals surface area (Å²) in [7, 11) is 0. The molecular formula is C21H16FN3O6. The molecule has 3 rings (SSSR count). The number of aromatic carboxylic acids is 1. The van der Waals surface area contributed by atoms with Crippen LogP contribution in [0.1, 0.15) is 28.8 Å². The molecule has 158 valence electrons. The first kappa shape index (κ1) is 21.4. The number of halogens is 1. The van der Waals surface area contributed by atoms with Crippen LogP contribution >= 0.6 is 0 Å². The summed E-state index contributed by atoms with van der Waals surface area (Å²) in [6.45, 7) is 0. The number of amides is 2. The molecular weight excluding hydrogens is 409 g/mol. The Bertz CT molecular complexity index is 1250. The van der Waals surface area contributed by atoms with Gasteiger partial charge in [-0.2, -0.15) is 5.10 Å². The van der Waals surface area contributed by atoms with Crippen molar-refractivity contribution in [3.05, 3.63) is 75.9 Å². The van der Waals surface area contributed by atoms with E-state index in [1.165, 1.54) is 30.3 Å². The molecule has 0 bridgehead atoms. The van der Waals surface area contributed by atoms with Crippen molar-refractivity contribution in [2.24, 2.45) is 5.10 Å². The molecule has 0 unspecified atom stereocenters. The summed E-state index contributed by atoms with van der Waals surface area (Å²) < 4.78 is 18.6. The Morgan fingerprint density at radius 2 is 1.87 bits per heavy atom. The molecule has 2 aromatic carbocycles. The highest BCUT2D eigenvalue weighted by Crippen LogP contribution is 2.13. The first-order chi connectivity index (χ1) is 14.8. The monoisotopic (exact) mass is 425 g/mol. The maximum atomic E-state index is 13.3. The van der Waals surface area contributed by atoms with E-state index in [-0.39, 0.29) is 34.9 Å². The number of carboxylic acids is 1. The van der Waals surface area contributed by atoms with E-state index in [0.29, 0.717) is 5.69 Å². The number of hydrazone groups is 1. The number of hydrogen-bond donors (Lipinski definition) is 3. The van der Waals surface area contributed by atoms with Gasteiger partial charge < -0.3 is 14.8 Å². The van der Waals surface area contributed by atoms with Crippen molar-refractivity contribution >= 4 is 40.7 Å². The largest absolute Gasteiger partial charge is 0.478 e. The minimum atomic E-state index is -1.13. The van der Waals surface area contributed by atoms with Crippen LogP contribution in [-0.4, -0.2) is 29.1 Å². The molecule has 31 heavy (non-hydrogen) atoms. The molecule has 0 radical (unpaired) electrons. The van der Waals surface area contributed by atoms with Crippen LogP contribution in [-0.2, 0) is 9.59 Å². The van der Waals surface area contributed by atoms with E-state index in [9.17, 15) is 23.6 Å². The molecule has 2 amide bonds. The number of hydrogen-bond acceptors (Lipinski definition) is 6. The van der Waals surface area contributed by atoms with Crippen molar-refractivity contribution in [1.82, 2.24) is 5.43 Å². The van der Waals surface area contributed by atoms with Gasteiger partial charge in [0, 0.05) is 18.5 Å². The minimum absolute atomic E-state index is 0.00875. The Balaban J connectivity index is 1.53. The summed E-state index contributed by atoms with van der Waals surface area (Å²) in [6.07, 6.45) is 1.83. The van der Waals surface area contributed by atoms with E-state index in [4.69, 9.17) is 9.52 Å². The van der Waals surface area contributed by atoms with E-state index in [1.807, 2.05) is 0 Å². The van der Waals surface area contributed by atoms with E-state index in [1.54, 1.807) is 0 Å². The fourth-order valence-corrected chi connectivity index (χ4v) is 2.62. The number of carboxylic acid groups (broad SMARTS) is 1. The number of carbonyl (C=O) groups is 3. The maximum absolute atomic E-state index is 13.3. The zero-order valence-electron chi connectivity index (χ0n) is 15.9. The molecule has 3 N–H and O–H groups in total. The van der Waals surface area contributed by atoms with Crippen LogP contribution in [0.2, 0.25) is 0 Å². The van der Waals surface area contributed by atoms with Gasteiger partial charge in [0.1, 0.15) is 17.7 Å². The second-order valence-corrected chi connectivity index (χ2v) is 6.39. The molecule has 0 fully saturated rings. The van der Waals surface area contributed by atoms with Crippen LogP contribution < -0.4 is 16.2 Å². The highest BCUT2D eigenvalue weighted by Gasteiger charge is 2.10. The second kappa shape index (κ2) is 9.44. The van der Waals surface area contributed by atoms with Gasteiger partial charge in [0.05, 0.1) is 22.7 Å². The SMILES string of the molecule is O=C(CCC(=O)Nc1cccc(C(=O)O)c1)N/N=C\c1coc2ccc(F)cc2c1=O. The van der Waals surface area contributed by atoms with Crippen molar-refractivity contribution < 1.29 is 28.3 Å². The molecule has 0 aliphatic heterocycles. The molecule has 0 atom stereocenters. The molecule has 0 saturated carbocycles. The quantitative estimate of drug-likeness (QED) is 0.393. The van der Waals surface area contributed by atoms with Gasteiger partial charge in [-0.15, -0.1) is 0 Å². The number of nitrogens with one attached hydrogen (secondary N) is 2. The Hall–Kier alpha value is -4.34. The minimum Gasteiger partial charge on any atom is -0.478 e. The van der Waals surface area contributed by atoms with Crippen molar-refractivity contribution in [1.29, 1.82) is 0 Å². The molecule has 0 spiro atoms. The third-order valence-corrected chi connectivity index (χ3v) is 4.13. The molecule has 9 nitrogen and oxygen atoms in total. The summed E-state index contributed by atoms with van der Waals surface area (Å²) in [5, 5.41) is 15.1. The standard InChI is InChI=1S/C21H16FN3O6/c22-14-4-5-17-16(9-14)20(28)13(11-31-17)10-23-25-19(27)7-6-18(26)24-15-3-1-2-12(8-15)21(29)30/h1-5,8-11H,6-7H2,(H,24,26)(H,25,27)(H,29,30)/b23-10-. The fraction of sp³-hybridized carbons (Fsp3) is 0.0952. The van der Waals surface area contributed by atoms with Gasteiger partial charge >= 0.3 is 5.97 Å². The zero-order chi connectivity index (χ0) is 22.4. The van der Waals surface area contributed by atoms with Gasteiger partial charge in [-0.05, 0) is 36.4 Å². The van der Waals surface area contributed by atoms with Gasteiger partial charge in [0.15, 0.2) is 0 Å². The van der Waals surface area contributed by atoms with Crippen molar-refractivity contribution in [2.75, 3.05) is 5.32 Å². The molecule has 10 heteroatoms. The van der Waals surface area contributed by atoms with Gasteiger partial charge in [0.2, 0.25) is 17.2 Å². The van der Waals surface area contributed by atoms with Crippen molar-refractivity contribution in [3.8, 4) is 0 Å². The van der Waals surface area contributed by atoms with E-state index < -0.39 is 29.0 Å². The number of fused-ring (bicyclic) bond motifs is 1. The first-order valence-corrected chi connectivity index (χ1v) is 8.99. The van der Waals surface area contributed by atoms with Crippen LogP contribution in [0.25, 0.3) is 11.0 Å². The second-order valence-electron chi connectivity index (χ2n) is 6.39. The Morgan fingerprint density at radius 3 is 2.65 bits per heavy atom. The number of nitrogens with zero attached hydrogens (tertiary/aromatic N) is 1. The number of anilines is 1. The van der Waals surface area contributed by atoms with Gasteiger partial charge in [-0.25, -0.2) is 14.6 Å². The first-order valence-electron chi connectivity index (χ1n) is 8.99. The molecule has 0 saturated heterocycles. The van der Waals surface area contributed by atoms with Crippen LogP contribution in [0.15, 0.2) is 63.0 Å². The average molecular weight is 425 g/mol. The number of benzene rings is 2. The van der Waals surface area contributed by atoms with Gasteiger partial charge in [-0.1, -0.05) is 6.07 Å². The molecule has 0 aliphatic carbocycles. The predicted octanol–water partition coefficient (Wildman–Crippen LogP) is 2.50. The normalized spacial score (nSPS) is 10.9. The van der Waals surface area contributed by atoms with Crippen LogP contribution in [0.5, 0.6) is 0 Å². The number of carbonyl (C=O) groups excluding carboxylic acids is 2. The Kier molecular flexibility index (Phi) is 6.51. The van der Waals surface area contributed by atoms with Crippen LogP contribution in [0.3, 0.4) is 0 Å². The molecule has 0 aliphatic rings. The third kappa shape index (κ3) is 5.60. The Labute approximate surface area is 174 Å². The molecule has 3 aromatic rings. The summed E-state index contributed by atoms with van der Waals surface area (Å²) in [4.78, 5) is 47.0. The highest BCUT2D eigenvalue weighted by molar-refractivity contribution is 5.95. The zero-order valence-corrected chi connectivity index (χ0v) is 15.9. The van der Waals surface area contributed by atoms with E-state index >= 15 is 0 Å². The van der Waals surface area contributed by atoms with E-state index in [2.05, 4.69) is 15.8 Å². The maximum Gasteiger partial charge on any atom is 0.335 e. The third-order valence-electron chi connectivity index (χ3n) is 4.13. The lowest BCUT2D eigenvalue weighted by Crippen LogP contribution is -2.21. The van der Waals surface area contributed by atoms with Gasteiger partial charge in [0.25, 0.3) is 0 Å². The summed E-state index contributed by atoms with van der Waals surface area (Å²) in [6, 6.07) is 9.23. The highest BCUT2D eigenvalue weighted by atomic mass is 19.1. The Morgan fingerprint density at radius 1 is 1.10 bits per heavy atom.